The summed E-state index contributed by atoms with van der Waals surface area (Å²) in [7, 11) is 0. The topological polar surface area (TPSA) is 40.5 Å². The van der Waals surface area contributed by atoms with E-state index >= 15 is 0 Å². The molecule has 3 heteroatoms. The first-order valence-electron chi connectivity index (χ1n) is 12.7. The summed E-state index contributed by atoms with van der Waals surface area (Å²) >= 11 is 6.40. The van der Waals surface area contributed by atoms with Gasteiger partial charge in [0.25, 0.3) is 0 Å². The molecule has 9 atom stereocenters. The standard InChI is InChI=1S/C27H45ClO2/c1-17(24(30)12-13-25(2,3)28)21-8-9-22-20-7-6-18-16-19(29)10-14-26(18,4)23(20)11-15-27(21,22)5/h6,17,19-24,29-30H,7-16H2,1-5H3/t17-,19-,20-,21+,22-,23-,24?,26-,27+/m0/s1. The van der Waals surface area contributed by atoms with Gasteiger partial charge in [-0.2, -0.15) is 0 Å². The smallest absolute Gasteiger partial charge is 0.0577 e. The molecule has 4 rings (SSSR count). The van der Waals surface area contributed by atoms with Gasteiger partial charge >= 0.3 is 0 Å². The van der Waals surface area contributed by atoms with Crippen molar-refractivity contribution < 1.29 is 10.2 Å². The van der Waals surface area contributed by atoms with Gasteiger partial charge in [0.05, 0.1) is 12.2 Å². The number of fused-ring (bicyclic) bond motifs is 5. The van der Waals surface area contributed by atoms with Crippen molar-refractivity contribution >= 4 is 11.6 Å². The molecule has 4 aliphatic carbocycles. The summed E-state index contributed by atoms with van der Waals surface area (Å²) in [4.78, 5) is -0.226. The van der Waals surface area contributed by atoms with Crippen molar-refractivity contribution in [1.29, 1.82) is 0 Å². The van der Waals surface area contributed by atoms with Crippen LogP contribution in [0.4, 0.5) is 0 Å². The van der Waals surface area contributed by atoms with Crippen LogP contribution >= 0.6 is 11.6 Å². The van der Waals surface area contributed by atoms with Crippen molar-refractivity contribution in [2.75, 3.05) is 0 Å². The van der Waals surface area contributed by atoms with E-state index < -0.39 is 0 Å². The first-order valence-corrected chi connectivity index (χ1v) is 13.1. The third kappa shape index (κ3) is 3.92. The second-order valence-corrected chi connectivity index (χ2v) is 13.6. The summed E-state index contributed by atoms with van der Waals surface area (Å²) in [5, 5.41) is 21.2. The molecule has 0 radical (unpaired) electrons. The summed E-state index contributed by atoms with van der Waals surface area (Å²) in [6, 6.07) is 0. The molecule has 30 heavy (non-hydrogen) atoms. The number of halogens is 1. The Balaban J connectivity index is 1.50. The van der Waals surface area contributed by atoms with E-state index in [0.717, 1.165) is 49.9 Å². The molecule has 0 spiro atoms. The van der Waals surface area contributed by atoms with Gasteiger partial charge in [-0.25, -0.2) is 0 Å². The molecule has 0 heterocycles. The van der Waals surface area contributed by atoms with Crippen LogP contribution in [0.2, 0.25) is 0 Å². The lowest BCUT2D eigenvalue weighted by Gasteiger charge is -2.58. The van der Waals surface area contributed by atoms with Gasteiger partial charge in [-0.3, -0.25) is 0 Å². The molecular formula is C27H45ClO2. The van der Waals surface area contributed by atoms with Crippen molar-refractivity contribution in [3.63, 3.8) is 0 Å². The summed E-state index contributed by atoms with van der Waals surface area (Å²) < 4.78 is 0. The number of hydrogen-bond acceptors (Lipinski definition) is 2. The fourth-order valence-corrected chi connectivity index (χ4v) is 8.68. The molecule has 0 saturated heterocycles. The van der Waals surface area contributed by atoms with Crippen LogP contribution in [0.15, 0.2) is 11.6 Å². The van der Waals surface area contributed by atoms with E-state index in [4.69, 9.17) is 11.6 Å². The normalized spacial score (nSPS) is 45.7. The Morgan fingerprint density at radius 1 is 1.13 bits per heavy atom. The summed E-state index contributed by atoms with van der Waals surface area (Å²) in [6.45, 7) is 11.5. The number of allylic oxidation sites excluding steroid dienone is 1. The van der Waals surface area contributed by atoms with Crippen molar-refractivity contribution in [1.82, 2.24) is 0 Å². The van der Waals surface area contributed by atoms with Crippen LogP contribution in [-0.4, -0.2) is 27.3 Å². The zero-order valence-corrected chi connectivity index (χ0v) is 20.7. The minimum atomic E-state index is -0.239. The van der Waals surface area contributed by atoms with Gasteiger partial charge in [-0.1, -0.05) is 32.4 Å². The molecule has 0 amide bonds. The Kier molecular flexibility index (Phi) is 6.22. The quantitative estimate of drug-likeness (QED) is 0.370. The van der Waals surface area contributed by atoms with Crippen molar-refractivity contribution in [2.45, 2.75) is 116 Å². The van der Waals surface area contributed by atoms with Crippen LogP contribution in [-0.2, 0) is 0 Å². The van der Waals surface area contributed by atoms with Crippen LogP contribution in [0.25, 0.3) is 0 Å². The fourth-order valence-electron chi connectivity index (χ4n) is 8.57. The van der Waals surface area contributed by atoms with Crippen LogP contribution in [0.1, 0.15) is 98.8 Å². The third-order valence-electron chi connectivity index (χ3n) is 10.4. The lowest BCUT2D eigenvalue weighted by molar-refractivity contribution is -0.0680. The Bertz CT molecular complexity index is 666. The number of aliphatic hydroxyl groups is 2. The number of hydrogen-bond donors (Lipinski definition) is 2. The van der Waals surface area contributed by atoms with Gasteiger partial charge in [0.15, 0.2) is 0 Å². The number of alkyl halides is 1. The Morgan fingerprint density at radius 3 is 2.57 bits per heavy atom. The first kappa shape index (κ1) is 23.1. The van der Waals surface area contributed by atoms with E-state index in [1.54, 1.807) is 5.57 Å². The van der Waals surface area contributed by atoms with Gasteiger partial charge in [-0.15, -0.1) is 11.6 Å². The average Bonchev–Trinajstić information content (AvgIpc) is 3.02. The van der Waals surface area contributed by atoms with E-state index in [1.165, 1.54) is 32.1 Å². The molecular weight excluding hydrogens is 392 g/mol. The average molecular weight is 437 g/mol. The lowest BCUT2D eigenvalue weighted by Crippen LogP contribution is -2.51. The number of aliphatic hydroxyl groups excluding tert-OH is 2. The molecule has 172 valence electrons. The summed E-state index contributed by atoms with van der Waals surface area (Å²) in [6.07, 6.45) is 13.4. The van der Waals surface area contributed by atoms with Gasteiger partial charge in [-0.05, 0) is 118 Å². The Labute approximate surface area is 189 Å². The SMILES string of the molecule is C[C@H](C(O)CCC(C)(C)Cl)[C@H]1CC[C@H]2[C@@H]3CC=C4C[C@@H](O)CC[C@]4(C)[C@H]3CC[C@]12C. The molecule has 4 aliphatic rings. The summed E-state index contributed by atoms with van der Waals surface area (Å²) in [5.74, 6) is 3.36. The predicted octanol–water partition coefficient (Wildman–Crippen LogP) is 6.72. The van der Waals surface area contributed by atoms with E-state index in [-0.39, 0.29) is 17.1 Å². The molecule has 0 aliphatic heterocycles. The second-order valence-electron chi connectivity index (χ2n) is 12.6. The first-order chi connectivity index (χ1) is 14.0. The molecule has 3 fully saturated rings. The maximum absolute atomic E-state index is 11.0. The van der Waals surface area contributed by atoms with Gasteiger partial charge in [0.1, 0.15) is 0 Å². The molecule has 2 nitrogen and oxygen atoms in total. The maximum atomic E-state index is 11.0. The van der Waals surface area contributed by atoms with Gasteiger partial charge in [0.2, 0.25) is 0 Å². The maximum Gasteiger partial charge on any atom is 0.0577 e. The van der Waals surface area contributed by atoms with Crippen molar-refractivity contribution in [3.8, 4) is 0 Å². The van der Waals surface area contributed by atoms with Crippen LogP contribution in [0, 0.1) is 40.4 Å². The van der Waals surface area contributed by atoms with E-state index in [2.05, 4.69) is 40.7 Å². The Morgan fingerprint density at radius 2 is 1.87 bits per heavy atom. The monoisotopic (exact) mass is 436 g/mol. The fraction of sp³-hybridized carbons (Fsp3) is 0.926. The number of rotatable bonds is 5. The van der Waals surface area contributed by atoms with E-state index in [0.29, 0.717) is 22.7 Å². The van der Waals surface area contributed by atoms with Crippen molar-refractivity contribution in [2.24, 2.45) is 40.4 Å². The largest absolute Gasteiger partial charge is 0.393 e. The third-order valence-corrected chi connectivity index (χ3v) is 10.6. The van der Waals surface area contributed by atoms with Crippen LogP contribution < -0.4 is 0 Å². The highest BCUT2D eigenvalue weighted by Gasteiger charge is 2.59. The van der Waals surface area contributed by atoms with Gasteiger partial charge in [0, 0.05) is 4.87 Å². The molecule has 2 N–H and O–H groups in total. The molecule has 0 aromatic carbocycles. The van der Waals surface area contributed by atoms with E-state index in [9.17, 15) is 10.2 Å². The highest BCUT2D eigenvalue weighted by molar-refractivity contribution is 6.23. The minimum Gasteiger partial charge on any atom is -0.393 e. The molecule has 0 aromatic rings. The molecule has 0 aromatic heterocycles. The molecule has 3 saturated carbocycles. The lowest BCUT2D eigenvalue weighted by atomic mass is 9.47. The van der Waals surface area contributed by atoms with Gasteiger partial charge < -0.3 is 10.2 Å². The van der Waals surface area contributed by atoms with E-state index in [1.807, 2.05) is 0 Å². The predicted molar refractivity (Wildman–Crippen MR) is 126 cm³/mol. The van der Waals surface area contributed by atoms with Crippen LogP contribution in [0.5, 0.6) is 0 Å². The minimum absolute atomic E-state index is 0.120. The molecule has 1 unspecified atom stereocenters. The van der Waals surface area contributed by atoms with Crippen molar-refractivity contribution in [3.05, 3.63) is 11.6 Å². The highest BCUT2D eigenvalue weighted by Crippen LogP contribution is 2.67. The Hall–Kier alpha value is -0.0500. The van der Waals surface area contributed by atoms with Crippen LogP contribution in [0.3, 0.4) is 0 Å². The highest BCUT2D eigenvalue weighted by atomic mass is 35.5. The zero-order chi connectivity index (χ0) is 21.9. The zero-order valence-electron chi connectivity index (χ0n) is 20.0. The summed E-state index contributed by atoms with van der Waals surface area (Å²) in [5.41, 5.74) is 2.25. The second kappa shape index (κ2) is 8.07. The molecule has 0 bridgehead atoms.